The van der Waals surface area contributed by atoms with E-state index in [9.17, 15) is 9.90 Å². The molecule has 0 saturated heterocycles. The highest BCUT2D eigenvalue weighted by atomic mass is 16.3. The predicted molar refractivity (Wildman–Crippen MR) is 93.6 cm³/mol. The van der Waals surface area contributed by atoms with E-state index in [1.54, 1.807) is 12.5 Å². The Bertz CT molecular complexity index is 871. The number of aliphatic hydroxyl groups excluding tert-OH is 1. The van der Waals surface area contributed by atoms with Crippen molar-refractivity contribution < 1.29 is 9.90 Å². The number of aromatic nitrogens is 3. The van der Waals surface area contributed by atoms with Crippen LogP contribution in [0.25, 0.3) is 11.0 Å². The Morgan fingerprint density at radius 3 is 2.76 bits per heavy atom. The molecule has 6 heteroatoms. The Labute approximate surface area is 145 Å². The van der Waals surface area contributed by atoms with Crippen molar-refractivity contribution in [1.82, 2.24) is 19.9 Å². The zero-order chi connectivity index (χ0) is 17.2. The number of nitrogens with zero attached hydrogens (tertiary/aromatic N) is 3. The average molecular weight is 336 g/mol. The molecule has 3 aromatic rings. The summed E-state index contributed by atoms with van der Waals surface area (Å²) in [5.74, 6) is 0.133. The molecule has 2 heterocycles. The fraction of sp³-hybridized carbons (Fsp3) is 0.316. The minimum atomic E-state index is -0.272. The molecule has 1 aromatic carbocycles. The average Bonchev–Trinajstić information content (AvgIpc) is 3.01. The third-order valence-corrected chi connectivity index (χ3v) is 4.79. The van der Waals surface area contributed by atoms with E-state index in [0.717, 1.165) is 16.7 Å². The quantitative estimate of drug-likeness (QED) is 0.747. The molecule has 1 atom stereocenters. The number of carbonyl (C=O) groups excluding carboxylic acids is 1. The first-order chi connectivity index (χ1) is 12.2. The van der Waals surface area contributed by atoms with Crippen molar-refractivity contribution in [2.45, 2.75) is 31.5 Å². The number of imidazole rings is 1. The topological polar surface area (TPSA) is 80.0 Å². The van der Waals surface area contributed by atoms with Crippen molar-refractivity contribution in [1.29, 1.82) is 0 Å². The molecule has 0 aliphatic heterocycles. The first kappa shape index (κ1) is 15.8. The maximum absolute atomic E-state index is 12.6. The Morgan fingerprint density at radius 2 is 2.00 bits per heavy atom. The standard InChI is InChI=1S/C19H20N4O2/c24-14-9-13(10-14)19(16-6-3-4-8-20-16)22-18(25)11-23-12-21-15-5-1-2-7-17(15)23/h1-8,12-14,19,24H,9-11H2,(H,22,25)/t13?,14?,19-/m0/s1. The van der Waals surface area contributed by atoms with Gasteiger partial charge >= 0.3 is 0 Å². The van der Waals surface area contributed by atoms with Crippen LogP contribution in [0.1, 0.15) is 24.6 Å². The molecule has 2 aromatic heterocycles. The van der Waals surface area contributed by atoms with Gasteiger partial charge in [0.15, 0.2) is 0 Å². The van der Waals surface area contributed by atoms with Crippen LogP contribution in [0.2, 0.25) is 0 Å². The third kappa shape index (κ3) is 3.25. The Hall–Kier alpha value is -2.73. The summed E-state index contributed by atoms with van der Waals surface area (Å²) in [6.45, 7) is 0.207. The maximum Gasteiger partial charge on any atom is 0.240 e. The highest BCUT2D eigenvalue weighted by molar-refractivity contribution is 5.80. The molecule has 0 unspecified atom stereocenters. The van der Waals surface area contributed by atoms with Gasteiger partial charge in [-0.25, -0.2) is 4.98 Å². The number of hydrogen-bond acceptors (Lipinski definition) is 4. The van der Waals surface area contributed by atoms with E-state index in [-0.39, 0.29) is 30.5 Å². The number of nitrogens with one attached hydrogen (secondary N) is 1. The lowest BCUT2D eigenvalue weighted by Crippen LogP contribution is -2.42. The lowest BCUT2D eigenvalue weighted by molar-refractivity contribution is -0.123. The van der Waals surface area contributed by atoms with E-state index in [4.69, 9.17) is 0 Å². The van der Waals surface area contributed by atoms with Crippen LogP contribution in [0.5, 0.6) is 0 Å². The van der Waals surface area contributed by atoms with Gasteiger partial charge in [0.1, 0.15) is 6.54 Å². The number of rotatable bonds is 5. The fourth-order valence-electron chi connectivity index (χ4n) is 3.41. The zero-order valence-corrected chi connectivity index (χ0v) is 13.7. The SMILES string of the molecule is O=C(Cn1cnc2ccccc21)N[C@H](c1ccccn1)C1CC(O)C1. The van der Waals surface area contributed by atoms with Crippen molar-refractivity contribution in [2.24, 2.45) is 5.92 Å². The monoisotopic (exact) mass is 336 g/mol. The third-order valence-electron chi connectivity index (χ3n) is 4.79. The number of hydrogen-bond donors (Lipinski definition) is 2. The number of aliphatic hydroxyl groups is 1. The Kier molecular flexibility index (Phi) is 4.19. The molecule has 6 nitrogen and oxygen atoms in total. The molecular weight excluding hydrogens is 316 g/mol. The largest absolute Gasteiger partial charge is 0.393 e. The van der Waals surface area contributed by atoms with Crippen LogP contribution >= 0.6 is 0 Å². The number of pyridine rings is 1. The summed E-state index contributed by atoms with van der Waals surface area (Å²) in [6.07, 6.45) is 4.52. The minimum Gasteiger partial charge on any atom is -0.393 e. The first-order valence-electron chi connectivity index (χ1n) is 8.49. The van der Waals surface area contributed by atoms with Crippen LogP contribution in [0.15, 0.2) is 55.0 Å². The van der Waals surface area contributed by atoms with E-state index in [0.29, 0.717) is 12.8 Å². The zero-order valence-electron chi connectivity index (χ0n) is 13.7. The summed E-state index contributed by atoms with van der Waals surface area (Å²) in [5, 5.41) is 12.7. The normalized spacial score (nSPS) is 20.8. The molecule has 1 aliphatic rings. The van der Waals surface area contributed by atoms with Gasteiger partial charge in [0.25, 0.3) is 0 Å². The number of benzene rings is 1. The summed E-state index contributed by atoms with van der Waals surface area (Å²) in [6, 6.07) is 13.3. The molecule has 1 aliphatic carbocycles. The second kappa shape index (κ2) is 6.64. The molecule has 2 N–H and O–H groups in total. The van der Waals surface area contributed by atoms with E-state index in [2.05, 4.69) is 15.3 Å². The van der Waals surface area contributed by atoms with Gasteiger partial charge in [0.05, 0.1) is 35.2 Å². The maximum atomic E-state index is 12.6. The number of fused-ring (bicyclic) bond motifs is 1. The van der Waals surface area contributed by atoms with E-state index in [1.165, 1.54) is 0 Å². The number of para-hydroxylation sites is 2. The molecule has 128 valence electrons. The van der Waals surface area contributed by atoms with Crippen molar-refractivity contribution in [2.75, 3.05) is 0 Å². The first-order valence-corrected chi connectivity index (χ1v) is 8.49. The molecule has 25 heavy (non-hydrogen) atoms. The van der Waals surface area contributed by atoms with Gasteiger partial charge in [-0.2, -0.15) is 0 Å². The highest BCUT2D eigenvalue weighted by Gasteiger charge is 2.36. The molecule has 0 radical (unpaired) electrons. The van der Waals surface area contributed by atoms with Crippen molar-refractivity contribution >= 4 is 16.9 Å². The smallest absolute Gasteiger partial charge is 0.240 e. The van der Waals surface area contributed by atoms with Gasteiger partial charge in [-0.05, 0) is 43.0 Å². The van der Waals surface area contributed by atoms with Crippen LogP contribution in [0.4, 0.5) is 0 Å². The van der Waals surface area contributed by atoms with Crippen molar-refractivity contribution in [3.63, 3.8) is 0 Å². The Balaban J connectivity index is 1.50. The highest BCUT2D eigenvalue weighted by Crippen LogP contribution is 2.37. The van der Waals surface area contributed by atoms with Crippen LogP contribution in [-0.2, 0) is 11.3 Å². The summed E-state index contributed by atoms with van der Waals surface area (Å²) in [7, 11) is 0. The molecule has 1 fully saturated rings. The molecule has 0 bridgehead atoms. The van der Waals surface area contributed by atoms with Crippen LogP contribution < -0.4 is 5.32 Å². The van der Waals surface area contributed by atoms with Crippen LogP contribution in [0, 0.1) is 5.92 Å². The van der Waals surface area contributed by atoms with Gasteiger partial charge < -0.3 is 15.0 Å². The molecule has 0 spiro atoms. The number of amides is 1. The van der Waals surface area contributed by atoms with E-state index >= 15 is 0 Å². The van der Waals surface area contributed by atoms with Gasteiger partial charge in [-0.1, -0.05) is 18.2 Å². The summed E-state index contributed by atoms with van der Waals surface area (Å²) < 4.78 is 1.84. The molecule has 1 saturated carbocycles. The van der Waals surface area contributed by atoms with Crippen molar-refractivity contribution in [3.8, 4) is 0 Å². The van der Waals surface area contributed by atoms with E-state index < -0.39 is 0 Å². The van der Waals surface area contributed by atoms with Gasteiger partial charge in [-0.15, -0.1) is 0 Å². The Morgan fingerprint density at radius 1 is 1.20 bits per heavy atom. The van der Waals surface area contributed by atoms with Crippen LogP contribution in [0.3, 0.4) is 0 Å². The lowest BCUT2D eigenvalue weighted by atomic mass is 9.76. The van der Waals surface area contributed by atoms with Gasteiger partial charge in [-0.3, -0.25) is 9.78 Å². The van der Waals surface area contributed by atoms with E-state index in [1.807, 2.05) is 47.0 Å². The molecule has 1 amide bonds. The second-order valence-corrected chi connectivity index (χ2v) is 6.55. The molecular formula is C19H20N4O2. The lowest BCUT2D eigenvalue weighted by Gasteiger charge is -2.37. The summed E-state index contributed by atoms with van der Waals surface area (Å²) in [5.41, 5.74) is 2.65. The number of carbonyl (C=O) groups is 1. The minimum absolute atomic E-state index is 0.0832. The van der Waals surface area contributed by atoms with Gasteiger partial charge in [0, 0.05) is 6.20 Å². The second-order valence-electron chi connectivity index (χ2n) is 6.55. The summed E-state index contributed by atoms with van der Waals surface area (Å²) >= 11 is 0. The fourth-order valence-corrected chi connectivity index (χ4v) is 3.41. The van der Waals surface area contributed by atoms with Crippen LogP contribution in [-0.4, -0.2) is 31.7 Å². The molecule has 4 rings (SSSR count). The summed E-state index contributed by atoms with van der Waals surface area (Å²) in [4.78, 5) is 21.3. The predicted octanol–water partition coefficient (Wildman–Crippen LogP) is 2.06. The van der Waals surface area contributed by atoms with Gasteiger partial charge in [0.2, 0.25) is 5.91 Å². The van der Waals surface area contributed by atoms with Crippen molar-refractivity contribution in [3.05, 3.63) is 60.7 Å².